The van der Waals surface area contributed by atoms with Gasteiger partial charge in [0, 0.05) is 0 Å². The molecule has 0 heterocycles. The van der Waals surface area contributed by atoms with Crippen LogP contribution < -0.4 is 0 Å². The third kappa shape index (κ3) is 14.7. The number of rotatable bonds is 4. The summed E-state index contributed by atoms with van der Waals surface area (Å²) in [5, 5.41) is 0. The van der Waals surface area contributed by atoms with Gasteiger partial charge in [0.25, 0.3) is 0 Å². The highest BCUT2D eigenvalue weighted by atomic mass is 28.5. The molecule has 0 amide bonds. The molecule has 0 rings (SSSR count). The lowest BCUT2D eigenvalue weighted by Crippen LogP contribution is -2.53. The summed E-state index contributed by atoms with van der Waals surface area (Å²) in [5.74, 6) is 0. The SMILES string of the molecule is C.C.[B][Si](C)(C)O[Si](C)(C)O[Si]([B])(C)C. The average Bonchev–Trinajstić information content (AvgIpc) is 1.43. The minimum absolute atomic E-state index is 0. The lowest BCUT2D eigenvalue weighted by atomic mass is 10.7. The van der Waals surface area contributed by atoms with Crippen molar-refractivity contribution in [1.29, 1.82) is 0 Å². The minimum Gasteiger partial charge on any atom is -0.445 e. The Morgan fingerprint density at radius 2 is 0.867 bits per heavy atom. The number of hydrogen-bond acceptors (Lipinski definition) is 2. The Morgan fingerprint density at radius 1 is 0.667 bits per heavy atom. The molecule has 0 N–H and O–H groups in total. The maximum atomic E-state index is 5.89. The Hall–Kier alpha value is 0.701. The van der Waals surface area contributed by atoms with Crippen LogP contribution in [-0.4, -0.2) is 39.8 Å². The van der Waals surface area contributed by atoms with Crippen molar-refractivity contribution in [2.24, 2.45) is 0 Å². The molecule has 7 heteroatoms. The van der Waals surface area contributed by atoms with Crippen LogP contribution in [0.4, 0.5) is 0 Å². The fraction of sp³-hybridized carbons (Fsp3) is 1.00. The van der Waals surface area contributed by atoms with Gasteiger partial charge in [-0.05, 0) is 13.1 Å². The zero-order chi connectivity index (χ0) is 10.9. The summed E-state index contributed by atoms with van der Waals surface area (Å²) in [6.07, 6.45) is 0. The van der Waals surface area contributed by atoms with Crippen molar-refractivity contribution in [2.45, 2.75) is 54.1 Å². The molecule has 0 saturated heterocycles. The van der Waals surface area contributed by atoms with E-state index in [0.717, 1.165) is 0 Å². The molecule has 0 spiro atoms. The van der Waals surface area contributed by atoms with E-state index in [9.17, 15) is 0 Å². The van der Waals surface area contributed by atoms with Gasteiger partial charge in [-0.2, -0.15) is 0 Å². The van der Waals surface area contributed by atoms with E-state index >= 15 is 0 Å². The molecule has 88 valence electrons. The summed E-state index contributed by atoms with van der Waals surface area (Å²) in [5.41, 5.74) is 0. The van der Waals surface area contributed by atoms with Crippen LogP contribution in [0.3, 0.4) is 0 Å². The summed E-state index contributed by atoms with van der Waals surface area (Å²) >= 11 is 0. The average molecular weight is 260 g/mol. The summed E-state index contributed by atoms with van der Waals surface area (Å²) < 4.78 is 11.6. The molecule has 0 aliphatic rings. The van der Waals surface area contributed by atoms with Crippen LogP contribution in [0.2, 0.25) is 39.3 Å². The molecule has 0 aliphatic carbocycles. The van der Waals surface area contributed by atoms with Crippen molar-refractivity contribution in [1.82, 2.24) is 0 Å². The third-order valence-corrected chi connectivity index (χ3v) is 9.16. The van der Waals surface area contributed by atoms with E-state index in [4.69, 9.17) is 23.1 Å². The van der Waals surface area contributed by atoms with Crippen LogP contribution in [0.15, 0.2) is 0 Å². The first kappa shape index (κ1) is 21.0. The summed E-state index contributed by atoms with van der Waals surface area (Å²) in [6, 6.07) is 0. The van der Waals surface area contributed by atoms with E-state index in [1.165, 1.54) is 0 Å². The molecule has 0 aliphatic heterocycles. The monoisotopic (exact) mass is 260 g/mol. The first-order valence-electron chi connectivity index (χ1n) is 4.39. The van der Waals surface area contributed by atoms with Crippen LogP contribution >= 0.6 is 0 Å². The second-order valence-corrected chi connectivity index (χ2v) is 15.7. The second-order valence-electron chi connectivity index (χ2n) is 4.81. The summed E-state index contributed by atoms with van der Waals surface area (Å²) in [7, 11) is 5.69. The van der Waals surface area contributed by atoms with Gasteiger partial charge in [-0.3, -0.25) is 0 Å². The van der Waals surface area contributed by atoms with Crippen LogP contribution in [-0.2, 0) is 8.23 Å². The predicted molar refractivity (Wildman–Crippen MR) is 79.6 cm³/mol. The van der Waals surface area contributed by atoms with Gasteiger partial charge >= 0.3 is 8.56 Å². The predicted octanol–water partition coefficient (Wildman–Crippen LogP) is 2.73. The summed E-state index contributed by atoms with van der Waals surface area (Å²) in [6.45, 7) is 11.8. The van der Waals surface area contributed by atoms with Gasteiger partial charge in [0.15, 0.2) is 0 Å². The first-order chi connectivity index (χ1) is 5.41. The zero-order valence-corrected chi connectivity index (χ0v) is 12.5. The van der Waals surface area contributed by atoms with Gasteiger partial charge in [-0.1, -0.05) is 41.0 Å². The minimum atomic E-state index is -2.10. The van der Waals surface area contributed by atoms with Crippen LogP contribution in [0.5, 0.6) is 0 Å². The Balaban J connectivity index is -0.000000720. The zero-order valence-electron chi connectivity index (χ0n) is 9.47. The highest BCUT2D eigenvalue weighted by Gasteiger charge is 2.34. The fourth-order valence-electron chi connectivity index (χ4n) is 1.29. The van der Waals surface area contributed by atoms with Gasteiger partial charge in [0.05, 0.1) is 14.9 Å². The molecule has 0 unspecified atom stereocenters. The Bertz CT molecular complexity index is 158. The smallest absolute Gasteiger partial charge is 0.310 e. The number of hydrogen-bond donors (Lipinski definition) is 0. The summed E-state index contributed by atoms with van der Waals surface area (Å²) in [4.78, 5) is 0. The molecular weight excluding hydrogens is 234 g/mol. The van der Waals surface area contributed by atoms with E-state index in [-0.39, 0.29) is 14.9 Å². The van der Waals surface area contributed by atoms with Crippen molar-refractivity contribution >= 4 is 39.8 Å². The second kappa shape index (κ2) is 6.44. The first-order valence-corrected chi connectivity index (χ1v) is 13.2. The van der Waals surface area contributed by atoms with Crippen molar-refractivity contribution in [3.8, 4) is 0 Å². The van der Waals surface area contributed by atoms with Gasteiger partial charge in [0.1, 0.15) is 16.4 Å². The molecule has 0 aromatic rings. The Morgan fingerprint density at radius 3 is 1.00 bits per heavy atom. The lowest BCUT2D eigenvalue weighted by Gasteiger charge is -2.36. The van der Waals surface area contributed by atoms with Gasteiger partial charge in [0.2, 0.25) is 0 Å². The van der Waals surface area contributed by atoms with Gasteiger partial charge in [-0.15, -0.1) is 0 Å². The molecule has 0 bridgehead atoms. The molecule has 0 aromatic carbocycles. The van der Waals surface area contributed by atoms with Crippen LogP contribution in [0, 0.1) is 0 Å². The van der Waals surface area contributed by atoms with E-state index in [0.29, 0.717) is 0 Å². The van der Waals surface area contributed by atoms with E-state index in [1.807, 2.05) is 39.3 Å². The van der Waals surface area contributed by atoms with E-state index in [2.05, 4.69) is 0 Å². The third-order valence-electron chi connectivity index (χ3n) is 1.02. The molecule has 2 nitrogen and oxygen atoms in total. The quantitative estimate of drug-likeness (QED) is 0.723. The van der Waals surface area contributed by atoms with Crippen LogP contribution in [0.1, 0.15) is 14.9 Å². The maximum Gasteiger partial charge on any atom is 0.310 e. The van der Waals surface area contributed by atoms with Crippen molar-refractivity contribution in [3.05, 3.63) is 0 Å². The Labute approximate surface area is 102 Å². The van der Waals surface area contributed by atoms with Gasteiger partial charge < -0.3 is 8.23 Å². The van der Waals surface area contributed by atoms with Crippen molar-refractivity contribution < 1.29 is 8.23 Å². The van der Waals surface area contributed by atoms with E-state index < -0.39 is 24.9 Å². The topological polar surface area (TPSA) is 18.5 Å². The maximum absolute atomic E-state index is 5.89. The van der Waals surface area contributed by atoms with Crippen molar-refractivity contribution in [3.63, 3.8) is 0 Å². The molecule has 15 heavy (non-hydrogen) atoms. The highest BCUT2D eigenvalue weighted by molar-refractivity contribution is 7.17. The normalized spacial score (nSPS) is 12.7. The molecule has 0 saturated carbocycles. The fourth-order valence-corrected chi connectivity index (χ4v) is 12.0. The van der Waals surface area contributed by atoms with Gasteiger partial charge in [-0.25, -0.2) is 0 Å². The van der Waals surface area contributed by atoms with Crippen molar-refractivity contribution in [2.75, 3.05) is 0 Å². The standard InChI is InChI=1S/C6H18B2O2Si3.2CH4/c1-11(2,7)9-13(5,6)10-12(3,4)8;;/h1-6H3;2*1H4. The Kier molecular flexibility index (Phi) is 9.03. The molecule has 4 radical (unpaired) electrons. The van der Waals surface area contributed by atoms with Crippen LogP contribution in [0.25, 0.3) is 0 Å². The van der Waals surface area contributed by atoms with E-state index in [1.54, 1.807) is 0 Å². The lowest BCUT2D eigenvalue weighted by molar-refractivity contribution is 0.407. The molecule has 0 atom stereocenters. The molecular formula is C8H26B2O2Si3. The highest BCUT2D eigenvalue weighted by Crippen LogP contribution is 2.16. The molecule has 0 fully saturated rings. The molecule has 0 aromatic heterocycles. The largest absolute Gasteiger partial charge is 0.445 e.